The molecule has 0 saturated heterocycles. The zero-order chi connectivity index (χ0) is 15.8. The molecule has 0 aromatic heterocycles. The molecule has 0 heterocycles. The molecule has 6 nitrogen and oxygen atoms in total. The maximum atomic E-state index is 12.3. The molecule has 2 rings (SSSR count). The fourth-order valence-electron chi connectivity index (χ4n) is 2.08. The van der Waals surface area contributed by atoms with Crippen LogP contribution < -0.4 is 0 Å². The van der Waals surface area contributed by atoms with Crippen LogP contribution in [0.15, 0.2) is 23.1 Å². The Hall–Kier alpha value is -1.89. The first kappa shape index (κ1) is 15.5. The zero-order valence-corrected chi connectivity index (χ0v) is 12.7. The molecule has 21 heavy (non-hydrogen) atoms. The van der Waals surface area contributed by atoms with Crippen LogP contribution in [0.2, 0.25) is 0 Å². The molecule has 0 aliphatic heterocycles. The van der Waals surface area contributed by atoms with Crippen LogP contribution in [0.1, 0.15) is 28.8 Å². The third-order valence-electron chi connectivity index (χ3n) is 3.57. The molecule has 1 fully saturated rings. The lowest BCUT2D eigenvalue weighted by atomic mass is 10.1. The van der Waals surface area contributed by atoms with Gasteiger partial charge in [-0.1, -0.05) is 6.07 Å². The zero-order valence-electron chi connectivity index (χ0n) is 11.9. The Balaban J connectivity index is 2.28. The number of sulfone groups is 1. The number of hydrogen-bond acceptors (Lipinski definition) is 4. The van der Waals surface area contributed by atoms with Gasteiger partial charge in [-0.15, -0.1) is 0 Å². The van der Waals surface area contributed by atoms with Crippen molar-refractivity contribution in [2.24, 2.45) is 0 Å². The van der Waals surface area contributed by atoms with Crippen LogP contribution in [0.3, 0.4) is 0 Å². The number of nitrogens with zero attached hydrogens (tertiary/aromatic N) is 1. The van der Waals surface area contributed by atoms with E-state index in [1.807, 2.05) is 0 Å². The number of benzene rings is 1. The van der Waals surface area contributed by atoms with Gasteiger partial charge in [-0.05, 0) is 37.5 Å². The minimum atomic E-state index is -3.85. The summed E-state index contributed by atoms with van der Waals surface area (Å²) in [4.78, 5) is 24.3. The van der Waals surface area contributed by atoms with Crippen molar-refractivity contribution >= 4 is 21.7 Å². The lowest BCUT2D eigenvalue weighted by molar-refractivity contribution is -0.127. The van der Waals surface area contributed by atoms with Crippen molar-refractivity contribution in [2.75, 3.05) is 12.8 Å². The molecule has 0 radical (unpaired) electrons. The summed E-state index contributed by atoms with van der Waals surface area (Å²) >= 11 is 0. The van der Waals surface area contributed by atoms with Gasteiger partial charge in [0.2, 0.25) is 5.91 Å². The third-order valence-corrected chi connectivity index (χ3v) is 5.31. The van der Waals surface area contributed by atoms with Gasteiger partial charge >= 0.3 is 5.97 Å². The first-order chi connectivity index (χ1) is 9.72. The molecule has 0 unspecified atom stereocenters. The van der Waals surface area contributed by atoms with E-state index in [4.69, 9.17) is 5.11 Å². The standard InChI is InChI=1S/C14H17NO5S/c1-9-3-4-10(14(17)18)7-12(9)21(19,20)8-13(16)15(2)11-5-6-11/h3-4,7,11H,5-6,8H2,1-2H3,(H,17,18). The van der Waals surface area contributed by atoms with Crippen molar-refractivity contribution < 1.29 is 23.1 Å². The average molecular weight is 311 g/mol. The van der Waals surface area contributed by atoms with Gasteiger partial charge in [-0.3, -0.25) is 4.79 Å². The van der Waals surface area contributed by atoms with Gasteiger partial charge in [0.1, 0.15) is 5.75 Å². The Morgan fingerprint density at radius 2 is 1.95 bits per heavy atom. The SMILES string of the molecule is Cc1ccc(C(=O)O)cc1S(=O)(=O)CC(=O)N(C)C1CC1. The molecule has 114 valence electrons. The molecular weight excluding hydrogens is 294 g/mol. The van der Waals surface area contributed by atoms with E-state index in [1.165, 1.54) is 17.0 Å². The van der Waals surface area contributed by atoms with E-state index in [1.54, 1.807) is 14.0 Å². The highest BCUT2D eigenvalue weighted by atomic mass is 32.2. The van der Waals surface area contributed by atoms with E-state index in [0.717, 1.165) is 18.9 Å². The van der Waals surface area contributed by atoms with E-state index in [-0.39, 0.29) is 16.5 Å². The number of aryl methyl sites for hydroxylation is 1. The number of carbonyl (C=O) groups excluding carboxylic acids is 1. The highest BCUT2D eigenvalue weighted by Crippen LogP contribution is 2.26. The minimum Gasteiger partial charge on any atom is -0.478 e. The molecule has 7 heteroatoms. The molecule has 0 bridgehead atoms. The maximum Gasteiger partial charge on any atom is 0.335 e. The van der Waals surface area contributed by atoms with Gasteiger partial charge in [0, 0.05) is 13.1 Å². The van der Waals surface area contributed by atoms with E-state index < -0.39 is 27.5 Å². The van der Waals surface area contributed by atoms with Crippen molar-refractivity contribution in [2.45, 2.75) is 30.7 Å². The fourth-order valence-corrected chi connectivity index (χ4v) is 3.63. The Bertz CT molecular complexity index is 691. The van der Waals surface area contributed by atoms with Crippen molar-refractivity contribution in [3.8, 4) is 0 Å². The largest absolute Gasteiger partial charge is 0.478 e. The number of carboxylic acids is 1. The smallest absolute Gasteiger partial charge is 0.335 e. The predicted molar refractivity (Wildman–Crippen MR) is 76.0 cm³/mol. The second-order valence-electron chi connectivity index (χ2n) is 5.28. The van der Waals surface area contributed by atoms with Gasteiger partial charge in [0.25, 0.3) is 0 Å². The second kappa shape index (κ2) is 5.48. The third kappa shape index (κ3) is 3.41. The van der Waals surface area contributed by atoms with Crippen LogP contribution in [0, 0.1) is 6.92 Å². The van der Waals surface area contributed by atoms with E-state index in [2.05, 4.69) is 0 Å². The second-order valence-corrected chi connectivity index (χ2v) is 7.24. The number of hydrogen-bond donors (Lipinski definition) is 1. The van der Waals surface area contributed by atoms with Crippen molar-refractivity contribution in [3.63, 3.8) is 0 Å². The lowest BCUT2D eigenvalue weighted by Gasteiger charge is -2.16. The summed E-state index contributed by atoms with van der Waals surface area (Å²) in [7, 11) is -2.26. The van der Waals surface area contributed by atoms with E-state index in [9.17, 15) is 18.0 Å². The number of amides is 1. The van der Waals surface area contributed by atoms with Crippen LogP contribution >= 0.6 is 0 Å². The molecule has 1 aliphatic rings. The summed E-state index contributed by atoms with van der Waals surface area (Å²) in [6, 6.07) is 4.02. The molecule has 1 amide bonds. The van der Waals surface area contributed by atoms with Crippen LogP contribution in [-0.2, 0) is 14.6 Å². The van der Waals surface area contributed by atoms with Crippen LogP contribution in [-0.4, -0.2) is 49.1 Å². The summed E-state index contributed by atoms with van der Waals surface area (Å²) in [6.07, 6.45) is 1.80. The quantitative estimate of drug-likeness (QED) is 0.878. The monoisotopic (exact) mass is 311 g/mol. The van der Waals surface area contributed by atoms with Gasteiger partial charge in [0.05, 0.1) is 10.5 Å². The number of carbonyl (C=O) groups is 2. The molecule has 1 aromatic carbocycles. The van der Waals surface area contributed by atoms with Gasteiger partial charge in [-0.25, -0.2) is 13.2 Å². The average Bonchev–Trinajstić information content (AvgIpc) is 3.21. The molecule has 1 saturated carbocycles. The van der Waals surface area contributed by atoms with Gasteiger partial charge in [-0.2, -0.15) is 0 Å². The molecule has 1 N–H and O–H groups in total. The molecule has 0 spiro atoms. The summed E-state index contributed by atoms with van der Waals surface area (Å²) in [6.45, 7) is 1.58. The molecular formula is C14H17NO5S. The highest BCUT2D eigenvalue weighted by Gasteiger charge is 2.32. The van der Waals surface area contributed by atoms with Crippen LogP contribution in [0.25, 0.3) is 0 Å². The normalized spacial score (nSPS) is 14.8. The first-order valence-corrected chi connectivity index (χ1v) is 8.20. The Labute approximate surface area is 123 Å². The summed E-state index contributed by atoms with van der Waals surface area (Å²) in [5.41, 5.74) is 0.323. The maximum absolute atomic E-state index is 12.3. The number of rotatable bonds is 5. The summed E-state index contributed by atoms with van der Waals surface area (Å²) in [5.74, 6) is -2.30. The van der Waals surface area contributed by atoms with Crippen LogP contribution in [0.4, 0.5) is 0 Å². The van der Waals surface area contributed by atoms with Crippen molar-refractivity contribution in [1.82, 2.24) is 4.90 Å². The highest BCUT2D eigenvalue weighted by molar-refractivity contribution is 7.92. The van der Waals surface area contributed by atoms with Crippen LogP contribution in [0.5, 0.6) is 0 Å². The number of aromatic carboxylic acids is 1. The van der Waals surface area contributed by atoms with Gasteiger partial charge in [0.15, 0.2) is 9.84 Å². The summed E-state index contributed by atoms with van der Waals surface area (Å²) in [5, 5.41) is 8.95. The van der Waals surface area contributed by atoms with E-state index >= 15 is 0 Å². The number of carboxylic acid groups (broad SMARTS) is 1. The van der Waals surface area contributed by atoms with Gasteiger partial charge < -0.3 is 10.0 Å². The molecule has 1 aliphatic carbocycles. The fraction of sp³-hybridized carbons (Fsp3) is 0.429. The summed E-state index contributed by atoms with van der Waals surface area (Å²) < 4.78 is 24.7. The molecule has 0 atom stereocenters. The minimum absolute atomic E-state index is 0.0973. The lowest BCUT2D eigenvalue weighted by Crippen LogP contribution is -2.34. The molecule has 1 aromatic rings. The van der Waals surface area contributed by atoms with E-state index in [0.29, 0.717) is 5.56 Å². The topological polar surface area (TPSA) is 91.7 Å². The Morgan fingerprint density at radius 1 is 1.33 bits per heavy atom. The Morgan fingerprint density at radius 3 is 2.48 bits per heavy atom. The predicted octanol–water partition coefficient (Wildman–Crippen LogP) is 1.09. The first-order valence-electron chi connectivity index (χ1n) is 6.55. The van der Waals surface area contributed by atoms with Crippen molar-refractivity contribution in [1.29, 1.82) is 0 Å². The Kier molecular flexibility index (Phi) is 4.04. The van der Waals surface area contributed by atoms with Crippen molar-refractivity contribution in [3.05, 3.63) is 29.3 Å².